The van der Waals surface area contributed by atoms with E-state index >= 15 is 0 Å². The summed E-state index contributed by atoms with van der Waals surface area (Å²) in [4.78, 5) is 0. The summed E-state index contributed by atoms with van der Waals surface area (Å²) >= 11 is 0. The van der Waals surface area contributed by atoms with Crippen molar-refractivity contribution >= 4 is 0 Å². The average molecular weight is 301 g/mol. The quantitative estimate of drug-likeness (QED) is 0.901. The molecule has 1 heterocycles. The Hall–Kier alpha value is -1.07. The Morgan fingerprint density at radius 2 is 2.00 bits per heavy atom. The number of benzene rings is 1. The van der Waals surface area contributed by atoms with Gasteiger partial charge < -0.3 is 10.1 Å². The van der Waals surface area contributed by atoms with Crippen molar-refractivity contribution in [3.63, 3.8) is 0 Å². The second kappa shape index (κ2) is 6.79. The molecule has 2 nitrogen and oxygen atoms in total. The highest BCUT2D eigenvalue weighted by molar-refractivity contribution is 5.32. The molecule has 5 heteroatoms. The lowest BCUT2D eigenvalue weighted by molar-refractivity contribution is -0.140. The van der Waals surface area contributed by atoms with Gasteiger partial charge in [0.2, 0.25) is 0 Å². The van der Waals surface area contributed by atoms with Crippen molar-refractivity contribution in [2.75, 3.05) is 13.2 Å². The molecule has 0 aromatic heterocycles. The monoisotopic (exact) mass is 301 g/mol. The van der Waals surface area contributed by atoms with Gasteiger partial charge in [-0.2, -0.15) is 13.2 Å². The second-order valence-corrected chi connectivity index (χ2v) is 5.84. The molecule has 21 heavy (non-hydrogen) atoms. The van der Waals surface area contributed by atoms with Crippen molar-refractivity contribution in [1.29, 1.82) is 0 Å². The smallest absolute Gasteiger partial charge is 0.373 e. The number of hydrogen-bond donors (Lipinski definition) is 1. The molecule has 0 spiro atoms. The maximum atomic E-state index is 13.2. The normalized spacial score (nSPS) is 23.5. The number of rotatable bonds is 4. The van der Waals surface area contributed by atoms with Crippen LogP contribution in [0.1, 0.15) is 43.9 Å². The van der Waals surface area contributed by atoms with Gasteiger partial charge in [0, 0.05) is 25.1 Å². The number of nitrogens with one attached hydrogen (secondary N) is 1. The Labute approximate surface area is 123 Å². The van der Waals surface area contributed by atoms with Gasteiger partial charge in [0.05, 0.1) is 11.7 Å². The molecule has 1 aromatic rings. The minimum absolute atomic E-state index is 0.0737. The Balaban J connectivity index is 2.25. The zero-order valence-electron chi connectivity index (χ0n) is 12.4. The van der Waals surface area contributed by atoms with E-state index in [1.807, 2.05) is 13.8 Å². The van der Waals surface area contributed by atoms with Gasteiger partial charge in [0.25, 0.3) is 0 Å². The Morgan fingerprint density at radius 3 is 2.67 bits per heavy atom. The van der Waals surface area contributed by atoms with E-state index < -0.39 is 17.8 Å². The van der Waals surface area contributed by atoms with E-state index in [0.29, 0.717) is 19.2 Å². The summed E-state index contributed by atoms with van der Waals surface area (Å²) in [6, 6.07) is 6.07. The molecule has 2 atom stereocenters. The summed E-state index contributed by atoms with van der Waals surface area (Å²) in [6.07, 6.45) is -3.04. The van der Waals surface area contributed by atoms with Crippen LogP contribution in [0.3, 0.4) is 0 Å². The van der Waals surface area contributed by atoms with E-state index in [2.05, 4.69) is 5.32 Å². The highest BCUT2D eigenvalue weighted by atomic mass is 19.4. The van der Waals surface area contributed by atoms with Gasteiger partial charge in [0.15, 0.2) is 0 Å². The van der Waals surface area contributed by atoms with Crippen molar-refractivity contribution in [2.24, 2.45) is 5.92 Å². The van der Waals surface area contributed by atoms with Crippen LogP contribution in [-0.2, 0) is 10.9 Å². The second-order valence-electron chi connectivity index (χ2n) is 5.84. The van der Waals surface area contributed by atoms with Gasteiger partial charge in [-0.05, 0) is 24.5 Å². The molecule has 0 saturated carbocycles. The van der Waals surface area contributed by atoms with Crippen LogP contribution in [0, 0.1) is 5.92 Å². The lowest BCUT2D eigenvalue weighted by atomic mass is 9.87. The Morgan fingerprint density at radius 1 is 1.29 bits per heavy atom. The summed E-state index contributed by atoms with van der Waals surface area (Å²) in [7, 11) is 0. The fraction of sp³-hybridized carbons (Fsp3) is 0.625. The molecule has 0 bridgehead atoms. The van der Waals surface area contributed by atoms with Gasteiger partial charge >= 0.3 is 6.18 Å². The van der Waals surface area contributed by atoms with Gasteiger partial charge in [-0.25, -0.2) is 0 Å². The minimum atomic E-state index is -4.34. The van der Waals surface area contributed by atoms with Crippen LogP contribution in [0.2, 0.25) is 0 Å². The van der Waals surface area contributed by atoms with Gasteiger partial charge in [-0.15, -0.1) is 0 Å². The fourth-order valence-corrected chi connectivity index (χ4v) is 2.79. The van der Waals surface area contributed by atoms with Crippen LogP contribution in [0.25, 0.3) is 0 Å². The zero-order valence-corrected chi connectivity index (χ0v) is 12.4. The number of halogens is 3. The molecule has 1 aliphatic rings. The highest BCUT2D eigenvalue weighted by Gasteiger charge is 2.38. The molecule has 1 saturated heterocycles. The lowest BCUT2D eigenvalue weighted by Crippen LogP contribution is -2.35. The molecular formula is C16H22F3NO. The van der Waals surface area contributed by atoms with Crippen LogP contribution in [-0.4, -0.2) is 19.2 Å². The predicted molar refractivity (Wildman–Crippen MR) is 76.0 cm³/mol. The predicted octanol–water partition coefficient (Wildman–Crippen LogP) is 4.17. The molecule has 1 aliphatic heterocycles. The molecule has 1 N–H and O–H groups in total. The van der Waals surface area contributed by atoms with Crippen molar-refractivity contribution in [3.8, 4) is 0 Å². The van der Waals surface area contributed by atoms with Crippen LogP contribution >= 0.6 is 0 Å². The number of ether oxygens (including phenoxy) is 1. The molecule has 1 fully saturated rings. The first-order valence-corrected chi connectivity index (χ1v) is 7.40. The standard InChI is InChI=1S/C16H22F3NO/c1-11(2)20-10-12-6-5-9-21-15(12)13-7-3-4-8-14(13)16(17,18)19/h3-4,7-8,11-12,15,20H,5-6,9-10H2,1-2H3. The van der Waals surface area contributed by atoms with Crippen LogP contribution in [0.5, 0.6) is 0 Å². The van der Waals surface area contributed by atoms with Crippen LogP contribution in [0.4, 0.5) is 13.2 Å². The molecule has 0 radical (unpaired) electrons. The number of alkyl halides is 3. The molecule has 2 unspecified atom stereocenters. The minimum Gasteiger partial charge on any atom is -0.373 e. The third-order valence-electron chi connectivity index (χ3n) is 3.81. The van der Waals surface area contributed by atoms with E-state index in [4.69, 9.17) is 4.74 Å². The molecule has 2 rings (SSSR count). The first-order chi connectivity index (χ1) is 9.89. The summed E-state index contributed by atoms with van der Waals surface area (Å²) in [5.74, 6) is 0.0737. The first kappa shape index (κ1) is 16.3. The maximum absolute atomic E-state index is 13.2. The first-order valence-electron chi connectivity index (χ1n) is 7.40. The Kier molecular flexibility index (Phi) is 5.27. The SMILES string of the molecule is CC(C)NCC1CCCOC1c1ccccc1C(F)(F)F. The molecule has 1 aromatic carbocycles. The maximum Gasteiger partial charge on any atom is 0.416 e. The zero-order chi connectivity index (χ0) is 15.5. The van der Waals surface area contributed by atoms with Crippen molar-refractivity contribution in [1.82, 2.24) is 5.32 Å². The van der Waals surface area contributed by atoms with Crippen LogP contribution < -0.4 is 5.32 Å². The topological polar surface area (TPSA) is 21.3 Å². The lowest BCUT2D eigenvalue weighted by Gasteiger charge is -2.34. The molecule has 0 aliphatic carbocycles. The largest absolute Gasteiger partial charge is 0.416 e. The molecule has 0 amide bonds. The van der Waals surface area contributed by atoms with E-state index in [0.717, 1.165) is 18.9 Å². The summed E-state index contributed by atoms with van der Waals surface area (Å²) in [5, 5.41) is 3.31. The summed E-state index contributed by atoms with van der Waals surface area (Å²) in [5.41, 5.74) is -0.313. The average Bonchev–Trinajstić information content (AvgIpc) is 2.44. The fourth-order valence-electron chi connectivity index (χ4n) is 2.79. The third-order valence-corrected chi connectivity index (χ3v) is 3.81. The molecule has 118 valence electrons. The van der Waals surface area contributed by atoms with Crippen LogP contribution in [0.15, 0.2) is 24.3 Å². The highest BCUT2D eigenvalue weighted by Crippen LogP contribution is 2.40. The van der Waals surface area contributed by atoms with Gasteiger partial charge in [-0.3, -0.25) is 0 Å². The van der Waals surface area contributed by atoms with Gasteiger partial charge in [-0.1, -0.05) is 32.0 Å². The van der Waals surface area contributed by atoms with Gasteiger partial charge in [0.1, 0.15) is 0 Å². The van der Waals surface area contributed by atoms with Crippen molar-refractivity contribution < 1.29 is 17.9 Å². The van der Waals surface area contributed by atoms with E-state index in [1.165, 1.54) is 6.07 Å². The van der Waals surface area contributed by atoms with Crippen molar-refractivity contribution in [3.05, 3.63) is 35.4 Å². The van der Waals surface area contributed by atoms with E-state index in [-0.39, 0.29) is 11.5 Å². The Bertz CT molecular complexity index is 459. The number of hydrogen-bond acceptors (Lipinski definition) is 2. The summed E-state index contributed by atoms with van der Waals surface area (Å²) in [6.45, 7) is 5.26. The third kappa shape index (κ3) is 4.20. The summed E-state index contributed by atoms with van der Waals surface area (Å²) < 4.78 is 45.2. The molecular weight excluding hydrogens is 279 g/mol. The van der Waals surface area contributed by atoms with E-state index in [1.54, 1.807) is 12.1 Å². The van der Waals surface area contributed by atoms with E-state index in [9.17, 15) is 13.2 Å². The van der Waals surface area contributed by atoms with Crippen molar-refractivity contribution in [2.45, 2.75) is 45.0 Å².